The monoisotopic (exact) mass is 478 g/mol. The third-order valence-electron chi connectivity index (χ3n) is 5.80. The second-order valence-corrected chi connectivity index (χ2v) is 9.32. The third kappa shape index (κ3) is 4.82. The van der Waals surface area contributed by atoms with Gasteiger partial charge in [-0.05, 0) is 56.0 Å². The molecular formula is C26H30N4O3S. The average Bonchev–Trinajstić information content (AvgIpc) is 3.23. The molecule has 1 unspecified atom stereocenters. The fraction of sp³-hybridized carbons (Fsp3) is 0.346. The van der Waals surface area contributed by atoms with Gasteiger partial charge >= 0.3 is 0 Å². The lowest BCUT2D eigenvalue weighted by Gasteiger charge is -2.28. The fourth-order valence-corrected chi connectivity index (χ4v) is 4.73. The van der Waals surface area contributed by atoms with Gasteiger partial charge < -0.3 is 14.8 Å². The van der Waals surface area contributed by atoms with Gasteiger partial charge in [-0.3, -0.25) is 4.79 Å². The van der Waals surface area contributed by atoms with Crippen molar-refractivity contribution in [3.63, 3.8) is 0 Å². The van der Waals surface area contributed by atoms with Gasteiger partial charge in [0.05, 0.1) is 7.11 Å². The van der Waals surface area contributed by atoms with Crippen LogP contribution < -0.4 is 14.8 Å². The molecule has 3 aromatic rings. The highest BCUT2D eigenvalue weighted by atomic mass is 32.2. The number of anilines is 1. The molecule has 0 aliphatic carbocycles. The van der Waals surface area contributed by atoms with E-state index in [9.17, 15) is 4.79 Å². The maximum atomic E-state index is 12.7. The number of Topliss-reactive ketones (excluding diaryl/α,β-unsaturated/α-hetero) is 1. The van der Waals surface area contributed by atoms with Crippen molar-refractivity contribution in [2.75, 3.05) is 18.2 Å². The molecule has 2 heterocycles. The Morgan fingerprint density at radius 1 is 1.18 bits per heavy atom. The van der Waals surface area contributed by atoms with E-state index in [0.717, 1.165) is 29.0 Å². The van der Waals surface area contributed by atoms with E-state index < -0.39 is 6.04 Å². The van der Waals surface area contributed by atoms with E-state index in [1.807, 2.05) is 37.3 Å². The first kappa shape index (κ1) is 23.9. The number of benzene rings is 2. The fourth-order valence-electron chi connectivity index (χ4n) is 4.05. The first-order valence-corrected chi connectivity index (χ1v) is 12.3. The number of methoxy groups -OCH3 is 1. The molecule has 1 aliphatic heterocycles. The summed E-state index contributed by atoms with van der Waals surface area (Å²) in [5.74, 6) is 2.79. The third-order valence-corrected chi connectivity index (χ3v) is 6.84. The van der Waals surface area contributed by atoms with Crippen LogP contribution in [0.1, 0.15) is 49.9 Å². The Morgan fingerprint density at radius 2 is 1.97 bits per heavy atom. The molecule has 0 radical (unpaired) electrons. The van der Waals surface area contributed by atoms with Crippen molar-refractivity contribution in [1.82, 2.24) is 14.8 Å². The second-order valence-electron chi connectivity index (χ2n) is 8.26. The van der Waals surface area contributed by atoms with Crippen LogP contribution in [0.2, 0.25) is 0 Å². The Kier molecular flexibility index (Phi) is 7.26. The smallest absolute Gasteiger partial charge is 0.227 e. The minimum atomic E-state index is -0.406. The van der Waals surface area contributed by atoms with Gasteiger partial charge in [0.25, 0.3) is 0 Å². The molecule has 1 aromatic heterocycles. The van der Waals surface area contributed by atoms with E-state index in [4.69, 9.17) is 14.6 Å². The molecule has 0 spiro atoms. The molecule has 1 atom stereocenters. The zero-order valence-electron chi connectivity index (χ0n) is 20.2. The molecule has 4 rings (SSSR count). The summed E-state index contributed by atoms with van der Waals surface area (Å²) in [4.78, 5) is 17.3. The van der Waals surface area contributed by atoms with E-state index in [2.05, 4.69) is 36.3 Å². The predicted octanol–water partition coefficient (Wildman–Crippen LogP) is 5.55. The van der Waals surface area contributed by atoms with Gasteiger partial charge in [0.15, 0.2) is 17.3 Å². The normalized spacial score (nSPS) is 15.0. The van der Waals surface area contributed by atoms with Crippen LogP contribution in [0.5, 0.6) is 11.5 Å². The number of fused-ring (bicyclic) bond motifs is 1. The molecule has 0 fully saturated rings. The molecule has 0 saturated carbocycles. The standard InChI is InChI=1S/C26H30N4O3S/c1-6-13-34-26-28-25-27-17(3)23(18(4)31)24(30(25)29-26)19-11-12-21(22(14-19)32-5)33-15-20-10-8-7-9-16(20)2/h7-12,14,24H,6,13,15H2,1-5H3,(H,27,28,29). The number of ketones is 1. The summed E-state index contributed by atoms with van der Waals surface area (Å²) in [6.45, 7) is 8.12. The van der Waals surface area contributed by atoms with Crippen molar-refractivity contribution in [2.24, 2.45) is 0 Å². The maximum absolute atomic E-state index is 12.7. The number of rotatable bonds is 9. The summed E-state index contributed by atoms with van der Waals surface area (Å²) in [7, 11) is 1.62. The highest BCUT2D eigenvalue weighted by Gasteiger charge is 2.33. The van der Waals surface area contributed by atoms with Crippen molar-refractivity contribution in [3.8, 4) is 11.5 Å². The van der Waals surface area contributed by atoms with Crippen LogP contribution in [0.4, 0.5) is 5.95 Å². The summed E-state index contributed by atoms with van der Waals surface area (Å²) in [6, 6.07) is 13.5. The quantitative estimate of drug-likeness (QED) is 0.404. The molecule has 2 aromatic carbocycles. The SMILES string of the molecule is CCCSc1nc2n(n1)C(c1ccc(OCc3ccccc3C)c(OC)c1)C(C(C)=O)=C(C)N2. The lowest BCUT2D eigenvalue weighted by atomic mass is 9.93. The van der Waals surface area contributed by atoms with Crippen molar-refractivity contribution in [2.45, 2.75) is 51.9 Å². The molecule has 0 saturated heterocycles. The number of carbonyl (C=O) groups is 1. The number of allylic oxidation sites excluding steroid dienone is 2. The lowest BCUT2D eigenvalue weighted by molar-refractivity contribution is -0.114. The number of nitrogens with zero attached hydrogens (tertiary/aromatic N) is 3. The molecule has 7 nitrogen and oxygen atoms in total. The van der Waals surface area contributed by atoms with Gasteiger partial charge in [-0.15, -0.1) is 5.10 Å². The molecular weight excluding hydrogens is 448 g/mol. The summed E-state index contributed by atoms with van der Waals surface area (Å²) in [6.07, 6.45) is 1.03. The van der Waals surface area contributed by atoms with Crippen molar-refractivity contribution >= 4 is 23.5 Å². The summed E-state index contributed by atoms with van der Waals surface area (Å²) in [5, 5.41) is 8.67. The largest absolute Gasteiger partial charge is 0.493 e. The van der Waals surface area contributed by atoms with Crippen molar-refractivity contribution < 1.29 is 14.3 Å². The Morgan fingerprint density at radius 3 is 2.68 bits per heavy atom. The van der Waals surface area contributed by atoms with Crippen LogP contribution >= 0.6 is 11.8 Å². The van der Waals surface area contributed by atoms with Crippen molar-refractivity contribution in [3.05, 3.63) is 70.4 Å². The van der Waals surface area contributed by atoms with Crippen LogP contribution in [-0.2, 0) is 11.4 Å². The van der Waals surface area contributed by atoms with Crippen LogP contribution in [0.15, 0.2) is 58.9 Å². The van der Waals surface area contributed by atoms with Crippen LogP contribution in [-0.4, -0.2) is 33.4 Å². The van der Waals surface area contributed by atoms with Gasteiger partial charge in [-0.1, -0.05) is 49.0 Å². The lowest BCUT2D eigenvalue weighted by Crippen LogP contribution is -2.27. The van der Waals surface area contributed by atoms with E-state index in [1.54, 1.807) is 30.5 Å². The van der Waals surface area contributed by atoms with Crippen molar-refractivity contribution in [1.29, 1.82) is 0 Å². The summed E-state index contributed by atoms with van der Waals surface area (Å²) in [5.41, 5.74) is 4.61. The highest BCUT2D eigenvalue weighted by molar-refractivity contribution is 7.99. The minimum absolute atomic E-state index is 0.0160. The molecule has 178 valence electrons. The number of hydrogen-bond donors (Lipinski definition) is 1. The van der Waals surface area contributed by atoms with E-state index in [1.165, 1.54) is 5.56 Å². The first-order valence-electron chi connectivity index (χ1n) is 11.4. The first-order chi connectivity index (χ1) is 16.4. The highest BCUT2D eigenvalue weighted by Crippen LogP contribution is 2.39. The van der Waals surface area contributed by atoms with E-state index in [0.29, 0.717) is 34.8 Å². The molecule has 34 heavy (non-hydrogen) atoms. The number of aryl methyl sites for hydroxylation is 1. The Bertz CT molecular complexity index is 1230. The summed E-state index contributed by atoms with van der Waals surface area (Å²) >= 11 is 1.61. The molecule has 0 amide bonds. The van der Waals surface area contributed by atoms with Gasteiger partial charge in [0.2, 0.25) is 11.1 Å². The number of thioether (sulfide) groups is 1. The number of ether oxygens (including phenoxy) is 2. The number of aromatic nitrogens is 3. The molecule has 8 heteroatoms. The molecule has 1 N–H and O–H groups in total. The number of nitrogens with one attached hydrogen (secondary N) is 1. The topological polar surface area (TPSA) is 78.3 Å². The zero-order valence-corrected chi connectivity index (χ0v) is 21.0. The average molecular weight is 479 g/mol. The van der Waals surface area contributed by atoms with Gasteiger partial charge in [0, 0.05) is 17.0 Å². The van der Waals surface area contributed by atoms with Crippen LogP contribution in [0.25, 0.3) is 0 Å². The molecule has 1 aliphatic rings. The number of hydrogen-bond acceptors (Lipinski definition) is 7. The second kappa shape index (κ2) is 10.3. The minimum Gasteiger partial charge on any atom is -0.493 e. The Labute approximate surface area is 204 Å². The predicted molar refractivity (Wildman–Crippen MR) is 135 cm³/mol. The van der Waals surface area contributed by atoms with E-state index in [-0.39, 0.29) is 5.78 Å². The Hall–Kier alpha value is -3.26. The van der Waals surface area contributed by atoms with Gasteiger partial charge in [-0.25, -0.2) is 4.68 Å². The van der Waals surface area contributed by atoms with E-state index >= 15 is 0 Å². The zero-order chi connectivity index (χ0) is 24.2. The maximum Gasteiger partial charge on any atom is 0.227 e. The summed E-state index contributed by atoms with van der Waals surface area (Å²) < 4.78 is 13.6. The number of carbonyl (C=O) groups excluding carboxylic acids is 1. The van der Waals surface area contributed by atoms with Crippen LogP contribution in [0, 0.1) is 6.92 Å². The Balaban J connectivity index is 1.69. The van der Waals surface area contributed by atoms with Crippen LogP contribution in [0.3, 0.4) is 0 Å². The molecule has 0 bridgehead atoms. The van der Waals surface area contributed by atoms with Gasteiger partial charge in [-0.2, -0.15) is 4.98 Å². The van der Waals surface area contributed by atoms with Gasteiger partial charge in [0.1, 0.15) is 12.6 Å².